The molecule has 0 aliphatic heterocycles. The summed E-state index contributed by atoms with van der Waals surface area (Å²) in [5, 5.41) is 15.4. The quantitative estimate of drug-likeness (QED) is 0.432. The van der Waals surface area contributed by atoms with Gasteiger partial charge in [-0.2, -0.15) is 10.2 Å². The molecule has 0 atom stereocenters. The van der Waals surface area contributed by atoms with Crippen LogP contribution in [0.5, 0.6) is 0 Å². The number of fused-ring (bicyclic) bond motifs is 2. The van der Waals surface area contributed by atoms with Gasteiger partial charge in [0.15, 0.2) is 0 Å². The SMILES string of the molecule is c1ccc(-c2cncc3[nH]c(-c4n[nH]c5ccc(-c6cn[nH]c6)nc45)cc23)nc1. The average molecular weight is 378 g/mol. The molecule has 0 aliphatic rings. The Kier molecular flexibility index (Phi) is 3.30. The largest absolute Gasteiger partial charge is 0.352 e. The van der Waals surface area contributed by atoms with Gasteiger partial charge < -0.3 is 4.98 Å². The number of aromatic nitrogens is 8. The highest BCUT2D eigenvalue weighted by molar-refractivity contribution is 5.99. The van der Waals surface area contributed by atoms with E-state index in [0.717, 1.165) is 55.8 Å². The molecule has 29 heavy (non-hydrogen) atoms. The number of aromatic amines is 3. The van der Waals surface area contributed by atoms with Gasteiger partial charge in [0.2, 0.25) is 0 Å². The summed E-state index contributed by atoms with van der Waals surface area (Å²) >= 11 is 0. The first-order valence-electron chi connectivity index (χ1n) is 9.09. The molecule has 3 N–H and O–H groups in total. The van der Waals surface area contributed by atoms with Crippen LogP contribution in [-0.2, 0) is 0 Å². The molecule has 0 bridgehead atoms. The van der Waals surface area contributed by atoms with Crippen LogP contribution in [0, 0.1) is 0 Å². The van der Waals surface area contributed by atoms with E-state index in [2.05, 4.69) is 41.4 Å². The van der Waals surface area contributed by atoms with Crippen LogP contribution < -0.4 is 0 Å². The smallest absolute Gasteiger partial charge is 0.135 e. The van der Waals surface area contributed by atoms with Gasteiger partial charge in [0.05, 0.1) is 40.5 Å². The first-order chi connectivity index (χ1) is 14.4. The fourth-order valence-electron chi connectivity index (χ4n) is 3.54. The van der Waals surface area contributed by atoms with Gasteiger partial charge in [0.25, 0.3) is 0 Å². The Morgan fingerprint density at radius 3 is 2.76 bits per heavy atom. The molecule has 8 nitrogen and oxygen atoms in total. The van der Waals surface area contributed by atoms with E-state index in [1.54, 1.807) is 12.4 Å². The molecule has 6 aromatic rings. The third kappa shape index (κ3) is 2.50. The van der Waals surface area contributed by atoms with E-state index >= 15 is 0 Å². The van der Waals surface area contributed by atoms with E-state index in [9.17, 15) is 0 Å². The number of hydrogen-bond acceptors (Lipinski definition) is 5. The van der Waals surface area contributed by atoms with E-state index in [-0.39, 0.29) is 0 Å². The van der Waals surface area contributed by atoms with Gasteiger partial charge in [-0.25, -0.2) is 4.98 Å². The second kappa shape index (κ2) is 6.10. The lowest BCUT2D eigenvalue weighted by Crippen LogP contribution is -1.84. The van der Waals surface area contributed by atoms with Crippen molar-refractivity contribution in [1.29, 1.82) is 0 Å². The molecule has 6 aromatic heterocycles. The van der Waals surface area contributed by atoms with Gasteiger partial charge in [-0.05, 0) is 30.3 Å². The minimum Gasteiger partial charge on any atom is -0.352 e. The van der Waals surface area contributed by atoms with Gasteiger partial charge in [0.1, 0.15) is 11.2 Å². The zero-order chi connectivity index (χ0) is 19.2. The second-order valence-electron chi connectivity index (χ2n) is 6.70. The third-order valence-corrected chi connectivity index (χ3v) is 4.94. The molecule has 0 aliphatic carbocycles. The Hall–Kier alpha value is -4.33. The second-order valence-corrected chi connectivity index (χ2v) is 6.70. The average Bonchev–Trinajstić information content (AvgIpc) is 3.52. The molecule has 0 aromatic carbocycles. The molecule has 0 saturated heterocycles. The predicted octanol–water partition coefficient (Wildman–Crippen LogP) is 3.95. The number of H-pyrrole nitrogens is 3. The molecular formula is C21H14N8. The van der Waals surface area contributed by atoms with Gasteiger partial charge in [-0.3, -0.25) is 20.2 Å². The van der Waals surface area contributed by atoms with Crippen molar-refractivity contribution in [3.05, 3.63) is 67.4 Å². The highest BCUT2D eigenvalue weighted by Crippen LogP contribution is 2.32. The van der Waals surface area contributed by atoms with Crippen molar-refractivity contribution < 1.29 is 0 Å². The summed E-state index contributed by atoms with van der Waals surface area (Å²) < 4.78 is 0. The van der Waals surface area contributed by atoms with E-state index < -0.39 is 0 Å². The normalized spacial score (nSPS) is 11.4. The van der Waals surface area contributed by atoms with Crippen molar-refractivity contribution in [2.24, 2.45) is 0 Å². The standard InChI is InChI=1S/C21H14N8/c1-2-6-23-16(3-1)14-10-22-11-19-13(14)7-18(26-19)21-20-17(28-29-21)5-4-15(27-20)12-8-24-25-9-12/h1-11,26H,(H,24,25)(H,28,29). The Morgan fingerprint density at radius 2 is 1.90 bits per heavy atom. The lowest BCUT2D eigenvalue weighted by Gasteiger charge is -2.00. The fraction of sp³-hybridized carbons (Fsp3) is 0. The summed E-state index contributed by atoms with van der Waals surface area (Å²) in [5.41, 5.74) is 7.82. The maximum Gasteiger partial charge on any atom is 0.135 e. The summed E-state index contributed by atoms with van der Waals surface area (Å²) in [6.45, 7) is 0. The van der Waals surface area contributed by atoms with Crippen molar-refractivity contribution in [2.75, 3.05) is 0 Å². The molecule has 0 saturated carbocycles. The third-order valence-electron chi connectivity index (χ3n) is 4.94. The number of nitrogens with zero attached hydrogens (tertiary/aromatic N) is 5. The van der Waals surface area contributed by atoms with Crippen LogP contribution in [0.25, 0.3) is 55.8 Å². The topological polar surface area (TPSA) is 112 Å². The van der Waals surface area contributed by atoms with E-state index in [1.807, 2.05) is 48.9 Å². The summed E-state index contributed by atoms with van der Waals surface area (Å²) in [6, 6.07) is 11.8. The Labute approximate surface area is 164 Å². The number of hydrogen-bond donors (Lipinski definition) is 3. The molecule has 0 amide bonds. The van der Waals surface area contributed by atoms with Crippen LogP contribution in [0.3, 0.4) is 0 Å². The Balaban J connectivity index is 1.54. The van der Waals surface area contributed by atoms with Crippen molar-refractivity contribution in [1.82, 2.24) is 40.3 Å². The minimum absolute atomic E-state index is 0.758. The van der Waals surface area contributed by atoms with Crippen LogP contribution >= 0.6 is 0 Å². The van der Waals surface area contributed by atoms with Crippen molar-refractivity contribution in [3.63, 3.8) is 0 Å². The maximum atomic E-state index is 4.80. The molecular weight excluding hydrogens is 364 g/mol. The van der Waals surface area contributed by atoms with Gasteiger partial charge in [0, 0.05) is 35.1 Å². The van der Waals surface area contributed by atoms with Crippen LogP contribution in [-0.4, -0.2) is 40.3 Å². The van der Waals surface area contributed by atoms with Gasteiger partial charge in [-0.1, -0.05) is 6.07 Å². The monoisotopic (exact) mass is 378 g/mol. The Morgan fingerprint density at radius 1 is 0.897 bits per heavy atom. The highest BCUT2D eigenvalue weighted by atomic mass is 15.1. The summed E-state index contributed by atoms with van der Waals surface area (Å²) in [7, 11) is 0. The van der Waals surface area contributed by atoms with Gasteiger partial charge in [-0.15, -0.1) is 0 Å². The van der Waals surface area contributed by atoms with Crippen LogP contribution in [0.2, 0.25) is 0 Å². The number of nitrogens with one attached hydrogen (secondary N) is 3. The summed E-state index contributed by atoms with van der Waals surface area (Å²) in [5.74, 6) is 0. The first-order valence-corrected chi connectivity index (χ1v) is 9.09. The van der Waals surface area contributed by atoms with E-state index in [0.29, 0.717) is 0 Å². The van der Waals surface area contributed by atoms with E-state index in [4.69, 9.17) is 4.98 Å². The van der Waals surface area contributed by atoms with E-state index in [1.165, 1.54) is 0 Å². The highest BCUT2D eigenvalue weighted by Gasteiger charge is 2.16. The minimum atomic E-state index is 0.758. The summed E-state index contributed by atoms with van der Waals surface area (Å²) in [6.07, 6.45) is 9.00. The maximum absolute atomic E-state index is 4.80. The Bertz CT molecular complexity index is 1440. The summed E-state index contributed by atoms with van der Waals surface area (Å²) in [4.78, 5) is 17.1. The number of rotatable bonds is 3. The molecule has 138 valence electrons. The lowest BCUT2D eigenvalue weighted by atomic mass is 10.1. The predicted molar refractivity (Wildman–Crippen MR) is 110 cm³/mol. The molecule has 0 unspecified atom stereocenters. The van der Waals surface area contributed by atoms with Gasteiger partial charge >= 0.3 is 0 Å². The van der Waals surface area contributed by atoms with Crippen molar-refractivity contribution >= 4 is 21.9 Å². The van der Waals surface area contributed by atoms with Crippen LogP contribution in [0.15, 0.2) is 67.4 Å². The zero-order valence-electron chi connectivity index (χ0n) is 15.1. The fourth-order valence-corrected chi connectivity index (χ4v) is 3.54. The molecule has 6 rings (SSSR count). The molecule has 8 heteroatoms. The molecule has 0 radical (unpaired) electrons. The lowest BCUT2D eigenvalue weighted by molar-refractivity contribution is 1.09. The molecule has 0 fully saturated rings. The molecule has 0 spiro atoms. The number of pyridine rings is 3. The van der Waals surface area contributed by atoms with Crippen LogP contribution in [0.1, 0.15) is 0 Å². The van der Waals surface area contributed by atoms with Crippen molar-refractivity contribution in [3.8, 4) is 33.9 Å². The zero-order valence-corrected chi connectivity index (χ0v) is 15.1. The first kappa shape index (κ1) is 15.7. The van der Waals surface area contributed by atoms with Crippen molar-refractivity contribution in [2.45, 2.75) is 0 Å². The van der Waals surface area contributed by atoms with Crippen LogP contribution in [0.4, 0.5) is 0 Å². The molecule has 6 heterocycles.